The minimum atomic E-state index is -1.25. The maximum atomic E-state index is 13.4. The summed E-state index contributed by atoms with van der Waals surface area (Å²) >= 11 is 0. The van der Waals surface area contributed by atoms with Crippen molar-refractivity contribution in [2.45, 2.75) is 44.1 Å². The van der Waals surface area contributed by atoms with Crippen molar-refractivity contribution in [3.8, 4) is 0 Å². The number of carbonyl (C=O) groups is 3. The summed E-state index contributed by atoms with van der Waals surface area (Å²) in [6.45, 7) is 0.0464. The molecule has 0 radical (unpaired) electrons. The maximum absolute atomic E-state index is 13.4. The molecule has 0 unspecified atom stereocenters. The van der Waals surface area contributed by atoms with E-state index in [4.69, 9.17) is 9.84 Å². The summed E-state index contributed by atoms with van der Waals surface area (Å²) in [5.41, 5.74) is 2.63. The Hall–Kier alpha value is -4.43. The molecule has 38 heavy (non-hydrogen) atoms. The number of benzene rings is 3. The Morgan fingerprint density at radius 1 is 0.789 bits per heavy atom. The Labute approximate surface area is 222 Å². The second-order valence-electron chi connectivity index (χ2n) is 8.78. The van der Waals surface area contributed by atoms with E-state index in [1.54, 1.807) is 0 Å². The van der Waals surface area contributed by atoms with Gasteiger partial charge >= 0.3 is 12.1 Å². The number of nitrogens with one attached hydrogen (secondary N) is 2. The van der Waals surface area contributed by atoms with Gasteiger partial charge in [-0.3, -0.25) is 4.79 Å². The van der Waals surface area contributed by atoms with Gasteiger partial charge in [0.25, 0.3) is 0 Å². The zero-order valence-corrected chi connectivity index (χ0v) is 20.9. The molecule has 0 saturated carbocycles. The highest BCUT2D eigenvalue weighted by molar-refractivity contribution is 5.86. The van der Waals surface area contributed by atoms with Crippen LogP contribution < -0.4 is 10.6 Å². The largest absolute Gasteiger partial charge is 0.478 e. The number of aliphatic carboxylic acids is 1. The van der Waals surface area contributed by atoms with E-state index in [2.05, 4.69) is 10.6 Å². The van der Waals surface area contributed by atoms with Gasteiger partial charge in [-0.25, -0.2) is 9.59 Å². The Morgan fingerprint density at radius 3 is 1.92 bits per heavy atom. The lowest BCUT2D eigenvalue weighted by atomic mass is 9.99. The summed E-state index contributed by atoms with van der Waals surface area (Å²) in [5.74, 6) is -1.73. The average Bonchev–Trinajstić information content (AvgIpc) is 2.94. The number of carbonyl (C=O) groups excluding carboxylic acids is 2. The van der Waals surface area contributed by atoms with E-state index in [-0.39, 0.29) is 13.0 Å². The van der Waals surface area contributed by atoms with Crippen LogP contribution in [0.15, 0.2) is 103 Å². The third-order valence-electron chi connectivity index (χ3n) is 5.87. The predicted molar refractivity (Wildman–Crippen MR) is 143 cm³/mol. The summed E-state index contributed by atoms with van der Waals surface area (Å²) in [5, 5.41) is 25.1. The molecule has 0 aliphatic rings. The molecule has 8 heteroatoms. The lowest BCUT2D eigenvalue weighted by Gasteiger charge is -2.26. The lowest BCUT2D eigenvalue weighted by Crippen LogP contribution is -2.53. The van der Waals surface area contributed by atoms with Crippen molar-refractivity contribution in [1.82, 2.24) is 10.6 Å². The van der Waals surface area contributed by atoms with Crippen LogP contribution in [0.5, 0.6) is 0 Å². The molecule has 3 aromatic carbocycles. The molecular weight excluding hydrogens is 484 g/mol. The van der Waals surface area contributed by atoms with Crippen LogP contribution in [0.3, 0.4) is 0 Å². The molecule has 0 aromatic heterocycles. The minimum Gasteiger partial charge on any atom is -0.478 e. The molecule has 3 rings (SSSR count). The second-order valence-corrected chi connectivity index (χ2v) is 8.78. The number of ether oxygens (including phenoxy) is 1. The molecule has 198 valence electrons. The zero-order valence-electron chi connectivity index (χ0n) is 20.9. The number of carboxylic acid groups (broad SMARTS) is 1. The third-order valence-corrected chi connectivity index (χ3v) is 5.87. The first-order valence-corrected chi connectivity index (χ1v) is 12.4. The summed E-state index contributed by atoms with van der Waals surface area (Å²) < 4.78 is 5.31. The molecule has 3 atom stereocenters. The van der Waals surface area contributed by atoms with Crippen molar-refractivity contribution in [2.75, 3.05) is 0 Å². The number of carboxylic acids is 1. The van der Waals surface area contributed by atoms with E-state index in [9.17, 15) is 19.5 Å². The van der Waals surface area contributed by atoms with Gasteiger partial charge in [0, 0.05) is 12.5 Å². The van der Waals surface area contributed by atoms with Crippen LogP contribution >= 0.6 is 0 Å². The molecule has 0 spiro atoms. The van der Waals surface area contributed by atoms with Gasteiger partial charge in [-0.1, -0.05) is 91.0 Å². The van der Waals surface area contributed by atoms with Crippen LogP contribution in [0.4, 0.5) is 4.79 Å². The monoisotopic (exact) mass is 516 g/mol. The van der Waals surface area contributed by atoms with Crippen molar-refractivity contribution < 1.29 is 29.3 Å². The molecule has 0 saturated heterocycles. The van der Waals surface area contributed by atoms with Crippen LogP contribution in [0.1, 0.15) is 23.1 Å². The van der Waals surface area contributed by atoms with Crippen LogP contribution in [-0.2, 0) is 33.8 Å². The number of amides is 2. The van der Waals surface area contributed by atoms with E-state index >= 15 is 0 Å². The SMILES string of the molecule is O=C(O)C=C[C@@H](O)[C@H](CCc1ccccc1)NC(=O)[C@H](Cc1ccccc1)NC(=O)OCc1ccccc1. The first kappa shape index (κ1) is 28.1. The predicted octanol–water partition coefficient (Wildman–Crippen LogP) is 3.64. The number of hydrogen-bond acceptors (Lipinski definition) is 5. The zero-order chi connectivity index (χ0) is 27.2. The fraction of sp³-hybridized carbons (Fsp3) is 0.233. The molecular formula is C30H32N2O6. The molecule has 0 bridgehead atoms. The fourth-order valence-corrected chi connectivity index (χ4v) is 3.86. The van der Waals surface area contributed by atoms with E-state index in [1.807, 2.05) is 91.0 Å². The van der Waals surface area contributed by atoms with E-state index in [1.165, 1.54) is 0 Å². The number of rotatable bonds is 13. The van der Waals surface area contributed by atoms with Crippen molar-refractivity contribution in [3.63, 3.8) is 0 Å². The van der Waals surface area contributed by atoms with Crippen LogP contribution in [0.2, 0.25) is 0 Å². The van der Waals surface area contributed by atoms with Crippen molar-refractivity contribution in [2.24, 2.45) is 0 Å². The smallest absolute Gasteiger partial charge is 0.408 e. The molecule has 0 heterocycles. The third kappa shape index (κ3) is 9.91. The Kier molecular flexibility index (Phi) is 11.1. The second kappa shape index (κ2) is 15.0. The highest BCUT2D eigenvalue weighted by Gasteiger charge is 2.27. The molecule has 0 aliphatic heterocycles. The fourth-order valence-electron chi connectivity index (χ4n) is 3.86. The molecule has 3 aromatic rings. The highest BCUT2D eigenvalue weighted by atomic mass is 16.5. The van der Waals surface area contributed by atoms with Crippen molar-refractivity contribution in [1.29, 1.82) is 0 Å². The van der Waals surface area contributed by atoms with E-state index in [0.29, 0.717) is 12.8 Å². The highest BCUT2D eigenvalue weighted by Crippen LogP contribution is 2.11. The average molecular weight is 517 g/mol. The summed E-state index contributed by atoms with van der Waals surface area (Å²) in [7, 11) is 0. The normalized spacial score (nSPS) is 13.3. The molecule has 4 N–H and O–H groups in total. The molecule has 8 nitrogen and oxygen atoms in total. The summed E-state index contributed by atoms with van der Waals surface area (Å²) in [6, 6.07) is 26.1. The Morgan fingerprint density at radius 2 is 1.34 bits per heavy atom. The number of hydrogen-bond donors (Lipinski definition) is 4. The van der Waals surface area contributed by atoms with Gasteiger partial charge in [0.2, 0.25) is 5.91 Å². The van der Waals surface area contributed by atoms with E-state index < -0.39 is 36.2 Å². The van der Waals surface area contributed by atoms with Gasteiger partial charge in [0.1, 0.15) is 12.6 Å². The Bertz CT molecular complexity index is 1190. The van der Waals surface area contributed by atoms with Gasteiger partial charge in [-0.05, 0) is 35.6 Å². The Balaban J connectivity index is 1.72. The quantitative estimate of drug-likeness (QED) is 0.257. The molecule has 0 fully saturated rings. The molecule has 2 amide bonds. The van der Waals surface area contributed by atoms with Crippen LogP contribution in [0.25, 0.3) is 0 Å². The summed E-state index contributed by atoms with van der Waals surface area (Å²) in [6.07, 6.45) is 1.05. The van der Waals surface area contributed by atoms with Crippen molar-refractivity contribution in [3.05, 3.63) is 120 Å². The number of aliphatic hydroxyl groups excluding tert-OH is 1. The minimum absolute atomic E-state index is 0.0464. The lowest BCUT2D eigenvalue weighted by molar-refractivity contribution is -0.131. The molecule has 0 aliphatic carbocycles. The van der Waals surface area contributed by atoms with Crippen molar-refractivity contribution >= 4 is 18.0 Å². The standard InChI is InChI=1S/C30H32N2O6/c33-27(18-19-28(34)35)25(17-16-22-10-4-1-5-11-22)31-29(36)26(20-23-12-6-2-7-13-23)32-30(37)38-21-24-14-8-3-9-15-24/h1-15,18-19,25-27,33H,16-17,20-21H2,(H,31,36)(H,32,37)(H,34,35)/t25-,26-,27+/m0/s1. The number of aliphatic hydroxyl groups is 1. The van der Waals surface area contributed by atoms with Gasteiger partial charge in [-0.2, -0.15) is 0 Å². The number of aryl methyl sites for hydroxylation is 1. The van der Waals surface area contributed by atoms with Crippen LogP contribution in [0, 0.1) is 0 Å². The first-order chi connectivity index (χ1) is 18.4. The first-order valence-electron chi connectivity index (χ1n) is 12.4. The van der Waals surface area contributed by atoms with Crippen LogP contribution in [-0.4, -0.2) is 46.4 Å². The van der Waals surface area contributed by atoms with Gasteiger partial charge < -0.3 is 25.6 Å². The summed E-state index contributed by atoms with van der Waals surface area (Å²) in [4.78, 5) is 37.0. The number of alkyl carbamates (subject to hydrolysis) is 1. The van der Waals surface area contributed by atoms with Gasteiger partial charge in [0.15, 0.2) is 0 Å². The topological polar surface area (TPSA) is 125 Å². The maximum Gasteiger partial charge on any atom is 0.408 e. The van der Waals surface area contributed by atoms with Gasteiger partial charge in [0.05, 0.1) is 12.1 Å². The van der Waals surface area contributed by atoms with Gasteiger partial charge in [-0.15, -0.1) is 0 Å². The van der Waals surface area contributed by atoms with E-state index in [0.717, 1.165) is 28.8 Å².